The monoisotopic (exact) mass is 459 g/mol. The van der Waals surface area contributed by atoms with Crippen LogP contribution < -0.4 is 5.32 Å². The number of nitrogens with one attached hydrogen (secondary N) is 1. The second-order valence-corrected chi connectivity index (χ2v) is 9.65. The normalized spacial score (nSPS) is 14.2. The quantitative estimate of drug-likeness (QED) is 0.415. The number of carbonyl (C=O) groups excluding carboxylic acids is 2. The molecule has 1 fully saturated rings. The predicted molar refractivity (Wildman–Crippen MR) is 129 cm³/mol. The number of carbonyl (C=O) groups is 2. The fourth-order valence-corrected chi connectivity index (χ4v) is 5.18. The van der Waals surface area contributed by atoms with E-state index in [1.54, 1.807) is 23.3 Å². The van der Waals surface area contributed by atoms with Crippen molar-refractivity contribution in [2.45, 2.75) is 25.8 Å². The zero-order valence-electron chi connectivity index (χ0n) is 18.6. The Bertz CT molecular complexity index is 1310. The van der Waals surface area contributed by atoms with Crippen molar-refractivity contribution in [2.24, 2.45) is 5.92 Å². The van der Waals surface area contributed by atoms with E-state index in [-0.39, 0.29) is 17.9 Å². The molecule has 1 saturated carbocycles. The van der Waals surface area contributed by atoms with Gasteiger partial charge in [0.25, 0.3) is 11.8 Å². The Balaban J connectivity index is 1.35. The van der Waals surface area contributed by atoms with Crippen molar-refractivity contribution in [1.29, 1.82) is 0 Å². The first-order valence-electron chi connectivity index (χ1n) is 11.1. The summed E-state index contributed by atoms with van der Waals surface area (Å²) in [4.78, 5) is 33.7. The maximum atomic E-state index is 13.5. The Morgan fingerprint density at radius 2 is 1.94 bits per heavy atom. The van der Waals surface area contributed by atoms with E-state index in [9.17, 15) is 9.59 Å². The molecule has 0 bridgehead atoms. The molecule has 6 nitrogen and oxygen atoms in total. The lowest BCUT2D eigenvalue weighted by molar-refractivity contribution is 0.0695. The molecule has 0 unspecified atom stereocenters. The average Bonchev–Trinajstić information content (AvgIpc) is 3.41. The van der Waals surface area contributed by atoms with Gasteiger partial charge in [-0.15, -0.1) is 11.3 Å². The van der Waals surface area contributed by atoms with Gasteiger partial charge in [-0.05, 0) is 49.4 Å². The highest BCUT2D eigenvalue weighted by molar-refractivity contribution is 7.15. The van der Waals surface area contributed by atoms with Gasteiger partial charge in [0, 0.05) is 19.0 Å². The van der Waals surface area contributed by atoms with Crippen LogP contribution in [0.1, 0.15) is 38.7 Å². The van der Waals surface area contributed by atoms with Crippen LogP contribution >= 0.6 is 11.3 Å². The van der Waals surface area contributed by atoms with Crippen LogP contribution in [0.5, 0.6) is 0 Å². The Morgan fingerprint density at radius 3 is 2.70 bits per heavy atom. The van der Waals surface area contributed by atoms with Gasteiger partial charge in [0.2, 0.25) is 0 Å². The molecule has 5 rings (SSSR count). The van der Waals surface area contributed by atoms with Crippen LogP contribution in [0, 0.1) is 12.8 Å². The third-order valence-corrected chi connectivity index (χ3v) is 7.19. The van der Waals surface area contributed by atoms with Crippen LogP contribution in [0.15, 0.2) is 65.3 Å². The van der Waals surface area contributed by atoms with Crippen molar-refractivity contribution in [3.05, 3.63) is 77.1 Å². The summed E-state index contributed by atoms with van der Waals surface area (Å²) in [7, 11) is 1.82. The fourth-order valence-electron chi connectivity index (χ4n) is 4.26. The highest BCUT2D eigenvalue weighted by Gasteiger charge is 2.37. The minimum Gasteiger partial charge on any atom is -0.464 e. The lowest BCUT2D eigenvalue weighted by Crippen LogP contribution is -2.46. The maximum absolute atomic E-state index is 13.5. The Morgan fingerprint density at radius 1 is 1.15 bits per heavy atom. The molecule has 0 saturated heterocycles. The number of furan rings is 1. The molecule has 2 amide bonds. The first-order valence-corrected chi connectivity index (χ1v) is 11.9. The molecule has 33 heavy (non-hydrogen) atoms. The molecule has 2 heterocycles. The molecule has 1 atom stereocenters. The van der Waals surface area contributed by atoms with Crippen molar-refractivity contribution in [2.75, 3.05) is 13.6 Å². The van der Waals surface area contributed by atoms with Gasteiger partial charge in [-0.3, -0.25) is 9.59 Å². The van der Waals surface area contributed by atoms with Crippen molar-refractivity contribution in [3.63, 3.8) is 0 Å². The molecule has 0 aliphatic heterocycles. The molecule has 1 N–H and O–H groups in total. The zero-order chi connectivity index (χ0) is 22.9. The van der Waals surface area contributed by atoms with Crippen molar-refractivity contribution in [1.82, 2.24) is 15.2 Å². The van der Waals surface area contributed by atoms with Crippen LogP contribution in [-0.2, 0) is 0 Å². The fraction of sp³-hybridized carbons (Fsp3) is 0.269. The third kappa shape index (κ3) is 4.28. The molecular weight excluding hydrogens is 434 g/mol. The van der Waals surface area contributed by atoms with E-state index in [1.165, 1.54) is 11.3 Å². The number of hydrogen-bond donors (Lipinski definition) is 1. The lowest BCUT2D eigenvalue weighted by atomic mass is 10.1. The van der Waals surface area contributed by atoms with Crippen LogP contribution in [0.2, 0.25) is 0 Å². The summed E-state index contributed by atoms with van der Waals surface area (Å²) in [5, 5.41) is 4.69. The minimum atomic E-state index is -0.164. The number of aryl methyl sites for hydroxylation is 1. The maximum Gasteiger partial charge on any atom is 0.274 e. The van der Waals surface area contributed by atoms with E-state index < -0.39 is 0 Å². The number of nitrogens with zero attached hydrogens (tertiary/aromatic N) is 2. The smallest absolute Gasteiger partial charge is 0.274 e. The number of amides is 2. The second kappa shape index (κ2) is 8.83. The molecule has 0 spiro atoms. The molecule has 2 aromatic heterocycles. The first-order chi connectivity index (χ1) is 16.0. The number of likely N-dealkylation sites (N-methyl/N-ethyl adjacent to an activating group) is 1. The molecule has 0 radical (unpaired) electrons. The largest absolute Gasteiger partial charge is 0.464 e. The molecule has 1 aliphatic carbocycles. The van der Waals surface area contributed by atoms with Gasteiger partial charge < -0.3 is 14.6 Å². The average molecular weight is 460 g/mol. The summed E-state index contributed by atoms with van der Waals surface area (Å²) in [6, 6.07) is 17.0. The molecule has 168 valence electrons. The Labute approximate surface area is 196 Å². The van der Waals surface area contributed by atoms with Crippen LogP contribution in [0.3, 0.4) is 0 Å². The van der Waals surface area contributed by atoms with E-state index in [0.29, 0.717) is 29.3 Å². The number of benzene rings is 2. The van der Waals surface area contributed by atoms with Crippen LogP contribution in [0.4, 0.5) is 0 Å². The molecule has 4 aromatic rings. The second-order valence-electron chi connectivity index (χ2n) is 8.45. The van der Waals surface area contributed by atoms with Gasteiger partial charge in [0.1, 0.15) is 11.3 Å². The van der Waals surface area contributed by atoms with E-state index in [2.05, 4.69) is 10.3 Å². The lowest BCUT2D eigenvalue weighted by Gasteiger charge is -2.28. The number of aromatic nitrogens is 1. The SMILES string of the molecule is Cc1nc(C(=O)N(C)[C@H](CNC(=O)c2cccc3occc23)C2CC2)c(-c2ccccc2)s1. The molecule has 7 heteroatoms. The summed E-state index contributed by atoms with van der Waals surface area (Å²) < 4.78 is 5.41. The van der Waals surface area contributed by atoms with Crippen molar-refractivity contribution >= 4 is 34.1 Å². The van der Waals surface area contributed by atoms with E-state index >= 15 is 0 Å². The summed E-state index contributed by atoms with van der Waals surface area (Å²) >= 11 is 1.53. The van der Waals surface area contributed by atoms with Gasteiger partial charge in [-0.1, -0.05) is 36.4 Å². The third-order valence-electron chi connectivity index (χ3n) is 6.17. The summed E-state index contributed by atoms with van der Waals surface area (Å²) in [5.41, 5.74) is 2.72. The zero-order valence-corrected chi connectivity index (χ0v) is 19.4. The number of thiazole rings is 1. The first kappa shape index (κ1) is 21.4. The predicted octanol–water partition coefficient (Wildman–Crippen LogP) is 5.15. The highest BCUT2D eigenvalue weighted by atomic mass is 32.1. The number of fused-ring (bicyclic) bond motifs is 1. The standard InChI is InChI=1S/C26H25N3O3S/c1-16-28-23(24(33-16)18-7-4-3-5-8-18)26(31)29(2)21(17-11-12-17)15-27-25(30)20-9-6-10-22-19(20)13-14-32-22/h3-10,13-14,17,21H,11-12,15H2,1-2H3,(H,27,30)/t21-/m1/s1. The highest BCUT2D eigenvalue weighted by Crippen LogP contribution is 2.37. The molecule has 1 aliphatic rings. The van der Waals surface area contributed by atoms with Crippen molar-refractivity contribution in [3.8, 4) is 10.4 Å². The van der Waals surface area contributed by atoms with Gasteiger partial charge in [-0.2, -0.15) is 0 Å². The Hall–Kier alpha value is -3.45. The number of hydrogen-bond acceptors (Lipinski definition) is 5. The van der Waals surface area contributed by atoms with Gasteiger partial charge in [-0.25, -0.2) is 4.98 Å². The summed E-state index contributed by atoms with van der Waals surface area (Å²) in [6.07, 6.45) is 3.69. The minimum absolute atomic E-state index is 0.0874. The summed E-state index contributed by atoms with van der Waals surface area (Å²) in [6.45, 7) is 2.31. The topological polar surface area (TPSA) is 75.4 Å². The van der Waals surface area contributed by atoms with Crippen LogP contribution in [0.25, 0.3) is 21.4 Å². The summed E-state index contributed by atoms with van der Waals surface area (Å²) in [5.74, 6) is 0.105. The van der Waals surface area contributed by atoms with E-state index in [0.717, 1.165) is 33.7 Å². The van der Waals surface area contributed by atoms with Gasteiger partial charge >= 0.3 is 0 Å². The van der Waals surface area contributed by atoms with Gasteiger partial charge in [0.15, 0.2) is 0 Å². The molecule has 2 aromatic carbocycles. The number of rotatable bonds is 7. The van der Waals surface area contributed by atoms with E-state index in [4.69, 9.17) is 4.42 Å². The molecular formula is C26H25N3O3S. The van der Waals surface area contributed by atoms with Gasteiger partial charge in [0.05, 0.1) is 27.8 Å². The Kier molecular flexibility index (Phi) is 5.72. The van der Waals surface area contributed by atoms with Crippen molar-refractivity contribution < 1.29 is 14.0 Å². The van der Waals surface area contributed by atoms with Crippen LogP contribution in [-0.4, -0.2) is 41.3 Å². The van der Waals surface area contributed by atoms with E-state index in [1.807, 2.05) is 56.4 Å².